The Morgan fingerprint density at radius 3 is 2.19 bits per heavy atom. The summed E-state index contributed by atoms with van der Waals surface area (Å²) in [5.41, 5.74) is 2.30. The maximum absolute atomic E-state index is 13.2. The van der Waals surface area contributed by atoms with E-state index in [2.05, 4.69) is 0 Å². The Kier molecular flexibility index (Phi) is 5.95. The quantitative estimate of drug-likeness (QED) is 0.536. The summed E-state index contributed by atoms with van der Waals surface area (Å²) in [5, 5.41) is 9.44. The maximum atomic E-state index is 13.2. The molecule has 1 heterocycles. The third-order valence-corrected chi connectivity index (χ3v) is 6.05. The van der Waals surface area contributed by atoms with E-state index in [0.29, 0.717) is 18.5 Å². The van der Waals surface area contributed by atoms with E-state index in [1.807, 2.05) is 49.4 Å². The van der Waals surface area contributed by atoms with Crippen molar-refractivity contribution in [2.24, 2.45) is 0 Å². The fraction of sp³-hybridized carbons (Fsp3) is 0.231. The summed E-state index contributed by atoms with van der Waals surface area (Å²) in [6.07, 6.45) is -0.429. The van der Waals surface area contributed by atoms with Gasteiger partial charge in [0.15, 0.2) is 5.60 Å². The molecule has 4 rings (SSSR count). The molecule has 164 valence electrons. The molecule has 0 bridgehead atoms. The van der Waals surface area contributed by atoms with Crippen molar-refractivity contribution in [1.29, 1.82) is 0 Å². The molecule has 1 fully saturated rings. The number of rotatable bonds is 6. The minimum absolute atomic E-state index is 0.247. The van der Waals surface area contributed by atoms with Crippen molar-refractivity contribution in [3.63, 3.8) is 0 Å². The van der Waals surface area contributed by atoms with Gasteiger partial charge in [0.2, 0.25) is 0 Å². The molecule has 1 saturated heterocycles. The number of hydrogen-bond acceptors (Lipinski definition) is 3. The molecule has 0 aromatic heterocycles. The van der Waals surface area contributed by atoms with Crippen molar-refractivity contribution in [3.05, 3.63) is 95.8 Å². The number of aliphatic carboxylic acids is 1. The molecule has 1 aliphatic heterocycles. The van der Waals surface area contributed by atoms with E-state index in [0.717, 1.165) is 16.7 Å². The summed E-state index contributed by atoms with van der Waals surface area (Å²) >= 11 is 0. The van der Waals surface area contributed by atoms with Crippen LogP contribution >= 0.6 is 0 Å². The molecular formula is C26H24FNO4. The highest BCUT2D eigenvalue weighted by atomic mass is 19.1. The van der Waals surface area contributed by atoms with Gasteiger partial charge in [-0.25, -0.2) is 9.18 Å². The van der Waals surface area contributed by atoms with Gasteiger partial charge < -0.3 is 14.7 Å². The number of ether oxygens (including phenoxy) is 1. The van der Waals surface area contributed by atoms with Crippen LogP contribution in [0.5, 0.6) is 0 Å². The highest BCUT2D eigenvalue weighted by molar-refractivity contribution is 5.73. The van der Waals surface area contributed by atoms with E-state index in [-0.39, 0.29) is 18.3 Å². The van der Waals surface area contributed by atoms with Crippen molar-refractivity contribution in [1.82, 2.24) is 4.90 Å². The molecule has 32 heavy (non-hydrogen) atoms. The summed E-state index contributed by atoms with van der Waals surface area (Å²) in [4.78, 5) is 26.1. The Morgan fingerprint density at radius 2 is 1.62 bits per heavy atom. The van der Waals surface area contributed by atoms with Gasteiger partial charge in [0.05, 0.1) is 12.5 Å². The molecule has 1 amide bonds. The van der Waals surface area contributed by atoms with Gasteiger partial charge in [-0.05, 0) is 41.3 Å². The van der Waals surface area contributed by atoms with Crippen LogP contribution in [0.4, 0.5) is 9.18 Å². The van der Waals surface area contributed by atoms with Crippen LogP contribution in [0.1, 0.15) is 36.9 Å². The lowest BCUT2D eigenvalue weighted by Gasteiger charge is -2.42. The molecule has 1 N–H and O–H groups in total. The number of amides is 1. The van der Waals surface area contributed by atoms with Gasteiger partial charge in [-0.2, -0.15) is 0 Å². The van der Waals surface area contributed by atoms with E-state index in [1.54, 1.807) is 29.2 Å². The van der Waals surface area contributed by atoms with Crippen molar-refractivity contribution in [2.75, 3.05) is 6.54 Å². The van der Waals surface area contributed by atoms with Crippen molar-refractivity contribution in [3.8, 4) is 11.1 Å². The number of benzene rings is 3. The molecule has 5 nitrogen and oxygen atoms in total. The maximum Gasteiger partial charge on any atom is 0.411 e. The summed E-state index contributed by atoms with van der Waals surface area (Å²) in [6, 6.07) is 22.8. The predicted octanol–water partition coefficient (Wildman–Crippen LogP) is 5.77. The van der Waals surface area contributed by atoms with Gasteiger partial charge in [0, 0.05) is 13.0 Å². The van der Waals surface area contributed by atoms with E-state index < -0.39 is 17.7 Å². The first-order chi connectivity index (χ1) is 15.4. The van der Waals surface area contributed by atoms with Gasteiger partial charge in [-0.3, -0.25) is 4.79 Å². The number of carbonyl (C=O) groups is 2. The second kappa shape index (κ2) is 8.83. The van der Waals surface area contributed by atoms with E-state index in [4.69, 9.17) is 4.74 Å². The molecule has 3 aromatic rings. The molecule has 0 spiro atoms. The van der Waals surface area contributed by atoms with Crippen LogP contribution in [-0.2, 0) is 15.1 Å². The predicted molar refractivity (Wildman–Crippen MR) is 118 cm³/mol. The topological polar surface area (TPSA) is 66.8 Å². The van der Waals surface area contributed by atoms with Crippen LogP contribution in [0.3, 0.4) is 0 Å². The zero-order valence-electron chi connectivity index (χ0n) is 17.7. The van der Waals surface area contributed by atoms with Gasteiger partial charge in [-0.1, -0.05) is 66.7 Å². The first-order valence-electron chi connectivity index (χ1n) is 10.5. The Bertz CT molecular complexity index is 1100. The highest BCUT2D eigenvalue weighted by Gasteiger charge is 2.45. The summed E-state index contributed by atoms with van der Waals surface area (Å²) in [5.74, 6) is -1.29. The zero-order chi connectivity index (χ0) is 22.7. The smallest absolute Gasteiger partial charge is 0.411 e. The lowest BCUT2D eigenvalue weighted by molar-refractivity contribution is -0.146. The standard InChI is InChI=1S/C26H24FNO4/c1-18(19-7-9-20(10-8-19)21-11-13-23(27)14-12-21)28-16-15-26(17-24(29)30,32-25(28)31)22-5-3-2-4-6-22/h2-14,18H,15-17H2,1H3,(H,29,30)/t18-,26?/m0/s1. The minimum Gasteiger partial charge on any atom is -0.481 e. The largest absolute Gasteiger partial charge is 0.481 e. The van der Waals surface area contributed by atoms with E-state index in [1.165, 1.54) is 12.1 Å². The number of halogens is 1. The molecule has 0 radical (unpaired) electrons. The number of nitrogens with zero attached hydrogens (tertiary/aromatic N) is 1. The number of carbonyl (C=O) groups excluding carboxylic acids is 1. The number of carboxylic acids is 1. The molecule has 3 aromatic carbocycles. The average molecular weight is 433 g/mol. The van der Waals surface area contributed by atoms with Crippen molar-refractivity contribution < 1.29 is 23.8 Å². The van der Waals surface area contributed by atoms with E-state index >= 15 is 0 Å². The number of hydrogen-bond donors (Lipinski definition) is 1. The Balaban J connectivity index is 1.52. The summed E-state index contributed by atoms with van der Waals surface area (Å²) < 4.78 is 19.0. The molecule has 2 atom stereocenters. The SMILES string of the molecule is C[C@@H](c1ccc(-c2ccc(F)cc2)cc1)N1CCC(CC(=O)O)(c2ccccc2)OC1=O. The zero-order valence-corrected chi connectivity index (χ0v) is 17.7. The number of cyclic esters (lactones) is 1. The Morgan fingerprint density at radius 1 is 1.03 bits per heavy atom. The third kappa shape index (κ3) is 4.35. The van der Waals surface area contributed by atoms with Crippen molar-refractivity contribution in [2.45, 2.75) is 31.4 Å². The van der Waals surface area contributed by atoms with Gasteiger partial charge in [0.1, 0.15) is 5.82 Å². The normalized spacial score (nSPS) is 19.3. The molecule has 1 aliphatic rings. The lowest BCUT2D eigenvalue weighted by atomic mass is 9.85. The van der Waals surface area contributed by atoms with Crippen LogP contribution in [0.15, 0.2) is 78.9 Å². The second-order valence-electron chi connectivity index (χ2n) is 8.05. The van der Waals surface area contributed by atoms with Crippen LogP contribution in [0, 0.1) is 5.82 Å². The lowest BCUT2D eigenvalue weighted by Crippen LogP contribution is -2.49. The molecule has 6 heteroatoms. The van der Waals surface area contributed by atoms with Crippen LogP contribution < -0.4 is 0 Å². The highest BCUT2D eigenvalue weighted by Crippen LogP contribution is 2.39. The van der Waals surface area contributed by atoms with Gasteiger partial charge in [0.25, 0.3) is 0 Å². The summed E-state index contributed by atoms with van der Waals surface area (Å²) in [7, 11) is 0. The van der Waals surface area contributed by atoms with Crippen LogP contribution in [0.25, 0.3) is 11.1 Å². The first-order valence-corrected chi connectivity index (χ1v) is 10.5. The van der Waals surface area contributed by atoms with E-state index in [9.17, 15) is 19.1 Å². The molecule has 1 unspecified atom stereocenters. The third-order valence-electron chi connectivity index (χ3n) is 6.05. The Labute approximate surface area is 186 Å². The second-order valence-corrected chi connectivity index (χ2v) is 8.05. The minimum atomic E-state index is -1.17. The molecular weight excluding hydrogens is 409 g/mol. The van der Waals surface area contributed by atoms with Gasteiger partial charge in [-0.15, -0.1) is 0 Å². The van der Waals surface area contributed by atoms with Crippen LogP contribution in [-0.4, -0.2) is 28.6 Å². The fourth-order valence-corrected chi connectivity index (χ4v) is 4.21. The average Bonchev–Trinajstić information content (AvgIpc) is 2.79. The molecule has 0 saturated carbocycles. The summed E-state index contributed by atoms with van der Waals surface area (Å²) in [6.45, 7) is 2.29. The fourth-order valence-electron chi connectivity index (χ4n) is 4.21. The molecule has 0 aliphatic carbocycles. The number of carboxylic acid groups (broad SMARTS) is 1. The first kappa shape index (κ1) is 21.6. The Hall–Kier alpha value is -3.67. The van der Waals surface area contributed by atoms with Crippen molar-refractivity contribution >= 4 is 12.1 Å². The van der Waals surface area contributed by atoms with Gasteiger partial charge >= 0.3 is 12.1 Å². The van der Waals surface area contributed by atoms with Crippen LogP contribution in [0.2, 0.25) is 0 Å². The monoisotopic (exact) mass is 433 g/mol.